The minimum absolute atomic E-state index is 0.0275. The maximum atomic E-state index is 13.5. The van der Waals surface area contributed by atoms with Gasteiger partial charge in [0.05, 0.1) is 55.1 Å². The largest absolute Gasteiger partial charge is 0.459 e. The van der Waals surface area contributed by atoms with Crippen molar-refractivity contribution in [2.75, 3.05) is 31.3 Å². The van der Waals surface area contributed by atoms with Gasteiger partial charge in [-0.05, 0) is 44.5 Å². The molecule has 2 N–H and O–H groups in total. The first-order valence-electron chi connectivity index (χ1n) is 12.3. The molecule has 2 aliphatic heterocycles. The molecule has 13 heteroatoms. The summed E-state index contributed by atoms with van der Waals surface area (Å²) in [6.07, 6.45) is 2.68. The van der Waals surface area contributed by atoms with Gasteiger partial charge >= 0.3 is 0 Å². The van der Waals surface area contributed by atoms with Gasteiger partial charge in [-0.2, -0.15) is 5.10 Å². The van der Waals surface area contributed by atoms with Gasteiger partial charge < -0.3 is 14.5 Å². The molecule has 39 heavy (non-hydrogen) atoms. The summed E-state index contributed by atoms with van der Waals surface area (Å²) in [6, 6.07) is 6.48. The Hall–Kier alpha value is -3.48. The molecule has 1 saturated heterocycles. The Bertz CT molecular complexity index is 1670. The Morgan fingerprint density at radius 1 is 1.23 bits per heavy atom. The zero-order valence-electron chi connectivity index (χ0n) is 21.8. The number of pyridine rings is 1. The third-order valence-electron chi connectivity index (χ3n) is 6.78. The fraction of sp³-hybridized carbons (Fsp3) is 0.385. The van der Waals surface area contributed by atoms with Crippen LogP contribution in [-0.2, 0) is 14.8 Å². The molecule has 11 nitrogen and oxygen atoms in total. The van der Waals surface area contributed by atoms with E-state index in [2.05, 4.69) is 15.4 Å². The van der Waals surface area contributed by atoms with Crippen LogP contribution in [0.1, 0.15) is 51.8 Å². The number of amides is 1. The molecule has 2 aliphatic rings. The van der Waals surface area contributed by atoms with Crippen molar-refractivity contribution < 1.29 is 22.4 Å². The number of anilines is 1. The van der Waals surface area contributed by atoms with Crippen LogP contribution in [0.25, 0.3) is 11.0 Å². The molecule has 0 bridgehead atoms. The summed E-state index contributed by atoms with van der Waals surface area (Å²) < 4.78 is 36.9. The third-order valence-corrected chi connectivity index (χ3v) is 7.55. The van der Waals surface area contributed by atoms with Gasteiger partial charge in [0.15, 0.2) is 11.1 Å². The number of sulfonamides is 1. The monoisotopic (exact) mass is 573 g/mol. The summed E-state index contributed by atoms with van der Waals surface area (Å²) in [6.45, 7) is 7.33. The van der Waals surface area contributed by atoms with Crippen molar-refractivity contribution in [3.8, 4) is 0 Å². The number of hydrogen-bond acceptors (Lipinski definition) is 10. The minimum atomic E-state index is -3.83. The van der Waals surface area contributed by atoms with Crippen LogP contribution in [-0.4, -0.2) is 62.6 Å². The standard InChI is InChI=1S/C26H28ClN5O6S/c1-13-7-18(15(3)29-20-5-6-21(27)30-22(20)26(34)31-39(4,35)36)25-19(8-13)23(33)14(2)24(38-25)16-9-28-32(10-16)17-11-37-12-17/h5-9,15-17,29H,10-12H2,1-4H3,(H,31,34)/t15-,16?/m1/s1. The van der Waals surface area contributed by atoms with Crippen molar-refractivity contribution in [2.24, 2.45) is 5.10 Å². The highest BCUT2D eigenvalue weighted by molar-refractivity contribution is 7.89. The number of aromatic nitrogens is 1. The van der Waals surface area contributed by atoms with Gasteiger partial charge in [-0.25, -0.2) is 18.1 Å². The van der Waals surface area contributed by atoms with E-state index < -0.39 is 22.0 Å². The number of ether oxygens (including phenoxy) is 1. The van der Waals surface area contributed by atoms with Crippen LogP contribution in [0.2, 0.25) is 5.15 Å². The summed E-state index contributed by atoms with van der Waals surface area (Å²) >= 11 is 6.00. The van der Waals surface area contributed by atoms with Gasteiger partial charge in [-0.3, -0.25) is 14.6 Å². The minimum Gasteiger partial charge on any atom is -0.459 e. The van der Waals surface area contributed by atoms with Crippen LogP contribution < -0.4 is 15.5 Å². The molecule has 1 aromatic carbocycles. The molecule has 3 aromatic rings. The van der Waals surface area contributed by atoms with Crippen LogP contribution in [0.4, 0.5) is 5.69 Å². The number of carbonyl (C=O) groups excluding carboxylic acids is 1. The van der Waals surface area contributed by atoms with Crippen LogP contribution in [0, 0.1) is 13.8 Å². The predicted octanol–water partition coefficient (Wildman–Crippen LogP) is 3.10. The number of hydrogen-bond donors (Lipinski definition) is 2. The molecule has 5 rings (SSSR count). The van der Waals surface area contributed by atoms with Crippen LogP contribution >= 0.6 is 11.6 Å². The predicted molar refractivity (Wildman–Crippen MR) is 148 cm³/mol. The molecule has 0 spiro atoms. The lowest BCUT2D eigenvalue weighted by Crippen LogP contribution is -2.46. The van der Waals surface area contributed by atoms with Crippen molar-refractivity contribution in [1.82, 2.24) is 14.7 Å². The van der Waals surface area contributed by atoms with E-state index in [1.165, 1.54) is 6.07 Å². The lowest BCUT2D eigenvalue weighted by atomic mass is 9.97. The van der Waals surface area contributed by atoms with E-state index in [1.54, 1.807) is 25.3 Å². The lowest BCUT2D eigenvalue weighted by molar-refractivity contribution is -0.0615. The molecule has 1 amide bonds. The molecule has 0 aliphatic carbocycles. The lowest BCUT2D eigenvalue weighted by Gasteiger charge is -2.33. The van der Waals surface area contributed by atoms with Crippen molar-refractivity contribution in [3.05, 3.63) is 67.8 Å². The second-order valence-corrected chi connectivity index (χ2v) is 12.1. The van der Waals surface area contributed by atoms with Gasteiger partial charge in [0.25, 0.3) is 5.91 Å². The summed E-state index contributed by atoms with van der Waals surface area (Å²) in [5, 5.41) is 10.2. The van der Waals surface area contributed by atoms with Gasteiger partial charge in [-0.1, -0.05) is 17.7 Å². The molecule has 206 valence electrons. The highest BCUT2D eigenvalue weighted by Gasteiger charge is 2.33. The fourth-order valence-electron chi connectivity index (χ4n) is 4.76. The van der Waals surface area contributed by atoms with Crippen LogP contribution in [0.3, 0.4) is 0 Å². The molecule has 0 radical (unpaired) electrons. The normalized spacial score (nSPS) is 18.3. The first-order valence-corrected chi connectivity index (χ1v) is 14.6. The first kappa shape index (κ1) is 27.1. The highest BCUT2D eigenvalue weighted by Crippen LogP contribution is 2.33. The second-order valence-electron chi connectivity index (χ2n) is 9.94. The Morgan fingerprint density at radius 3 is 2.64 bits per heavy atom. The van der Waals surface area contributed by atoms with Gasteiger partial charge in [0.1, 0.15) is 16.5 Å². The van der Waals surface area contributed by atoms with Crippen LogP contribution in [0.5, 0.6) is 0 Å². The Morgan fingerprint density at radius 2 is 1.97 bits per heavy atom. The smallest absolute Gasteiger partial charge is 0.285 e. The second kappa shape index (κ2) is 10.2. The van der Waals surface area contributed by atoms with Crippen molar-refractivity contribution in [2.45, 2.75) is 38.8 Å². The quantitative estimate of drug-likeness (QED) is 0.407. The molecule has 2 aromatic heterocycles. The number of nitrogens with zero attached hydrogens (tertiary/aromatic N) is 3. The number of aryl methyl sites for hydroxylation is 1. The first-order chi connectivity index (χ1) is 18.4. The molecule has 0 saturated carbocycles. The van der Waals surface area contributed by atoms with E-state index in [0.717, 1.165) is 11.8 Å². The Balaban J connectivity index is 1.53. The molecule has 2 atom stereocenters. The fourth-order valence-corrected chi connectivity index (χ4v) is 5.34. The topological polar surface area (TPSA) is 143 Å². The van der Waals surface area contributed by atoms with E-state index in [-0.39, 0.29) is 33.9 Å². The molecular formula is C26H28ClN5O6S. The number of rotatable bonds is 7. The Labute approximate surface area is 230 Å². The zero-order chi connectivity index (χ0) is 28.1. The van der Waals surface area contributed by atoms with Gasteiger partial charge in [-0.15, -0.1) is 0 Å². The van der Waals surface area contributed by atoms with E-state index in [9.17, 15) is 18.0 Å². The number of halogens is 1. The highest BCUT2D eigenvalue weighted by atomic mass is 35.5. The van der Waals surface area contributed by atoms with E-state index in [4.69, 9.17) is 20.8 Å². The zero-order valence-corrected chi connectivity index (χ0v) is 23.4. The molecule has 1 fully saturated rings. The SMILES string of the molecule is Cc1cc([C@@H](C)Nc2ccc(Cl)nc2C(=O)NS(C)(=O)=O)c2oc(C3C=NN(C4COC4)C3)c(C)c(=O)c2c1. The van der Waals surface area contributed by atoms with Gasteiger partial charge in [0.2, 0.25) is 10.0 Å². The van der Waals surface area contributed by atoms with E-state index in [0.29, 0.717) is 47.6 Å². The summed E-state index contributed by atoms with van der Waals surface area (Å²) in [4.78, 5) is 30.2. The Kier molecular flexibility index (Phi) is 7.12. The van der Waals surface area contributed by atoms with Crippen molar-refractivity contribution in [1.29, 1.82) is 0 Å². The third kappa shape index (κ3) is 5.49. The maximum absolute atomic E-state index is 13.5. The molecule has 4 heterocycles. The number of nitrogens with one attached hydrogen (secondary N) is 2. The van der Waals surface area contributed by atoms with Crippen molar-refractivity contribution >= 4 is 50.4 Å². The average molecular weight is 574 g/mol. The van der Waals surface area contributed by atoms with Crippen LogP contribution in [0.15, 0.2) is 38.6 Å². The number of carbonyl (C=O) groups is 1. The molecular weight excluding hydrogens is 546 g/mol. The van der Waals surface area contributed by atoms with Gasteiger partial charge in [0, 0.05) is 17.3 Å². The summed E-state index contributed by atoms with van der Waals surface area (Å²) in [7, 11) is -3.83. The van der Waals surface area contributed by atoms with E-state index in [1.807, 2.05) is 29.6 Å². The van der Waals surface area contributed by atoms with Crippen molar-refractivity contribution in [3.63, 3.8) is 0 Å². The summed E-state index contributed by atoms with van der Waals surface area (Å²) in [5.74, 6) is -0.556. The number of fused-ring (bicyclic) bond motifs is 1. The number of hydrazone groups is 1. The molecule has 1 unspecified atom stereocenters. The average Bonchev–Trinajstić information content (AvgIpc) is 3.29. The maximum Gasteiger partial charge on any atom is 0.285 e. The summed E-state index contributed by atoms with van der Waals surface area (Å²) in [5.41, 5.74) is 2.46. The van der Waals surface area contributed by atoms with E-state index >= 15 is 0 Å². The number of benzene rings is 1.